The van der Waals surface area contributed by atoms with Crippen molar-refractivity contribution in [1.29, 1.82) is 0 Å². The summed E-state index contributed by atoms with van der Waals surface area (Å²) in [6.45, 7) is 9.59. The van der Waals surface area contributed by atoms with E-state index >= 15 is 0 Å². The van der Waals surface area contributed by atoms with Crippen LogP contribution in [0.3, 0.4) is 0 Å². The molecule has 0 aliphatic heterocycles. The summed E-state index contributed by atoms with van der Waals surface area (Å²) < 4.78 is 5.71. The zero-order chi connectivity index (χ0) is 21.5. The third-order valence-corrected chi connectivity index (χ3v) is 5.99. The van der Waals surface area contributed by atoms with Gasteiger partial charge in [0.1, 0.15) is 11.0 Å². The molecule has 1 atom stereocenters. The molecule has 0 aliphatic rings. The molecule has 2 heterocycles. The van der Waals surface area contributed by atoms with Crippen LogP contribution in [0, 0.1) is 5.92 Å². The second kappa shape index (κ2) is 10.5. The lowest BCUT2D eigenvalue weighted by molar-refractivity contribution is 0.287. The maximum atomic E-state index is 6.15. The Morgan fingerprint density at radius 3 is 2.67 bits per heavy atom. The Morgan fingerprint density at radius 1 is 1.10 bits per heavy atom. The number of benzene rings is 1. The first-order chi connectivity index (χ1) is 14.5. The molecule has 3 rings (SSSR count). The van der Waals surface area contributed by atoms with Crippen molar-refractivity contribution in [2.24, 2.45) is 5.92 Å². The van der Waals surface area contributed by atoms with Crippen molar-refractivity contribution in [3.8, 4) is 6.01 Å². The minimum absolute atomic E-state index is 0.366. The Kier molecular flexibility index (Phi) is 7.72. The molecular weight excluding hydrogens is 372 g/mol. The number of nitrogens with two attached hydrogens (primary N) is 1. The quantitative estimate of drug-likeness (QED) is 0.390. The first kappa shape index (κ1) is 22.1. The van der Waals surface area contributed by atoms with Crippen LogP contribution in [-0.4, -0.2) is 21.6 Å². The highest BCUT2D eigenvalue weighted by Gasteiger charge is 2.14. The summed E-state index contributed by atoms with van der Waals surface area (Å²) in [7, 11) is 0. The standard InChI is InChI=1S/C25H36N4O/c1-5-8-13-30-25-28-22-21(16-27-23(22)24(26)29-25)15-18-10-12-19(7-3)20(14-18)11-9-17(4)6-2/h10,12,14,16-17,27H,5-9,11,13,15H2,1-4H3,(H2,26,28,29). The fourth-order valence-electron chi connectivity index (χ4n) is 3.76. The van der Waals surface area contributed by atoms with E-state index in [0.717, 1.165) is 54.6 Å². The van der Waals surface area contributed by atoms with Gasteiger partial charge in [0.15, 0.2) is 5.82 Å². The molecular formula is C25H36N4O. The number of unbranched alkanes of at least 4 members (excludes halogenated alkanes) is 1. The average molecular weight is 409 g/mol. The van der Waals surface area contributed by atoms with Crippen LogP contribution in [0.4, 0.5) is 5.82 Å². The molecule has 0 fully saturated rings. The highest BCUT2D eigenvalue weighted by Crippen LogP contribution is 2.26. The molecule has 3 N–H and O–H groups in total. The van der Waals surface area contributed by atoms with Crippen LogP contribution in [0.1, 0.15) is 75.6 Å². The number of nitrogen functional groups attached to an aromatic ring is 1. The van der Waals surface area contributed by atoms with E-state index in [9.17, 15) is 0 Å². The molecule has 30 heavy (non-hydrogen) atoms. The topological polar surface area (TPSA) is 76.8 Å². The van der Waals surface area contributed by atoms with E-state index in [-0.39, 0.29) is 0 Å². The number of aromatic nitrogens is 3. The van der Waals surface area contributed by atoms with Gasteiger partial charge in [0.05, 0.1) is 6.61 Å². The van der Waals surface area contributed by atoms with E-state index in [1.807, 2.05) is 6.20 Å². The monoisotopic (exact) mass is 408 g/mol. The minimum Gasteiger partial charge on any atom is -0.463 e. The Bertz CT molecular complexity index is 963. The van der Waals surface area contributed by atoms with Gasteiger partial charge < -0.3 is 15.5 Å². The molecule has 5 nitrogen and oxygen atoms in total. The lowest BCUT2D eigenvalue weighted by atomic mass is 9.92. The highest BCUT2D eigenvalue weighted by atomic mass is 16.5. The van der Waals surface area contributed by atoms with Gasteiger partial charge in [0.25, 0.3) is 0 Å². The van der Waals surface area contributed by atoms with Crippen LogP contribution >= 0.6 is 0 Å². The normalized spacial score (nSPS) is 12.4. The van der Waals surface area contributed by atoms with Gasteiger partial charge in [-0.25, -0.2) is 0 Å². The molecule has 0 saturated carbocycles. The number of hydrogen-bond acceptors (Lipinski definition) is 4. The van der Waals surface area contributed by atoms with E-state index in [2.05, 4.69) is 60.8 Å². The van der Waals surface area contributed by atoms with Crippen LogP contribution in [0.5, 0.6) is 6.01 Å². The zero-order valence-electron chi connectivity index (χ0n) is 18.9. The maximum Gasteiger partial charge on any atom is 0.319 e. The molecule has 1 aromatic carbocycles. The van der Waals surface area contributed by atoms with Crippen molar-refractivity contribution in [3.63, 3.8) is 0 Å². The number of nitrogens with one attached hydrogen (secondary N) is 1. The molecule has 162 valence electrons. The molecule has 0 radical (unpaired) electrons. The van der Waals surface area contributed by atoms with E-state index in [1.165, 1.54) is 29.5 Å². The number of H-pyrrole nitrogens is 1. The van der Waals surface area contributed by atoms with Crippen LogP contribution in [0.25, 0.3) is 11.0 Å². The predicted molar refractivity (Wildman–Crippen MR) is 125 cm³/mol. The van der Waals surface area contributed by atoms with Crippen LogP contribution in [0.15, 0.2) is 24.4 Å². The third-order valence-electron chi connectivity index (χ3n) is 5.99. The van der Waals surface area contributed by atoms with Gasteiger partial charge >= 0.3 is 6.01 Å². The molecule has 2 aromatic heterocycles. The number of nitrogens with zero attached hydrogens (tertiary/aromatic N) is 2. The number of fused-ring (bicyclic) bond motifs is 1. The third kappa shape index (κ3) is 5.32. The summed E-state index contributed by atoms with van der Waals surface area (Å²) in [5, 5.41) is 0. The SMILES string of the molecule is CCCCOc1nc(N)c2[nH]cc(Cc3ccc(CC)c(CCC(C)CC)c3)c2n1. The van der Waals surface area contributed by atoms with E-state index in [1.54, 1.807) is 0 Å². The fraction of sp³-hybridized carbons (Fsp3) is 0.520. The number of ether oxygens (including phenoxy) is 1. The number of hydrogen-bond donors (Lipinski definition) is 2. The zero-order valence-corrected chi connectivity index (χ0v) is 18.9. The summed E-state index contributed by atoms with van der Waals surface area (Å²) in [5.74, 6) is 1.20. The first-order valence-electron chi connectivity index (χ1n) is 11.4. The average Bonchev–Trinajstić information content (AvgIpc) is 3.15. The summed E-state index contributed by atoms with van der Waals surface area (Å²) >= 11 is 0. The van der Waals surface area contributed by atoms with Gasteiger partial charge in [-0.15, -0.1) is 0 Å². The highest BCUT2D eigenvalue weighted by molar-refractivity contribution is 5.87. The number of aryl methyl sites for hydroxylation is 2. The van der Waals surface area contributed by atoms with Gasteiger partial charge in [0, 0.05) is 18.2 Å². The Labute approximate surface area is 180 Å². The Balaban J connectivity index is 1.84. The van der Waals surface area contributed by atoms with Crippen molar-refractivity contribution < 1.29 is 4.74 Å². The minimum atomic E-state index is 0.366. The van der Waals surface area contributed by atoms with Crippen molar-refractivity contribution >= 4 is 16.9 Å². The van der Waals surface area contributed by atoms with Crippen LogP contribution in [-0.2, 0) is 19.3 Å². The largest absolute Gasteiger partial charge is 0.463 e. The summed E-state index contributed by atoms with van der Waals surface area (Å²) in [6.07, 6.45) is 9.55. The van der Waals surface area contributed by atoms with E-state index in [4.69, 9.17) is 10.5 Å². The summed E-state index contributed by atoms with van der Waals surface area (Å²) in [5.41, 5.74) is 13.2. The van der Waals surface area contributed by atoms with E-state index in [0.29, 0.717) is 18.4 Å². The summed E-state index contributed by atoms with van der Waals surface area (Å²) in [6, 6.07) is 7.28. The van der Waals surface area contributed by atoms with Crippen molar-refractivity contribution in [2.45, 2.75) is 72.6 Å². The molecule has 5 heteroatoms. The van der Waals surface area contributed by atoms with Crippen molar-refractivity contribution in [3.05, 3.63) is 46.6 Å². The molecule has 0 amide bonds. The first-order valence-corrected chi connectivity index (χ1v) is 11.4. The van der Waals surface area contributed by atoms with Crippen molar-refractivity contribution in [1.82, 2.24) is 15.0 Å². The summed E-state index contributed by atoms with van der Waals surface area (Å²) in [4.78, 5) is 12.2. The fourth-order valence-corrected chi connectivity index (χ4v) is 3.76. The molecule has 0 aliphatic carbocycles. The van der Waals surface area contributed by atoms with Gasteiger partial charge in [-0.3, -0.25) is 0 Å². The second-order valence-electron chi connectivity index (χ2n) is 8.32. The van der Waals surface area contributed by atoms with Crippen LogP contribution in [0.2, 0.25) is 0 Å². The smallest absolute Gasteiger partial charge is 0.319 e. The van der Waals surface area contributed by atoms with Crippen molar-refractivity contribution in [2.75, 3.05) is 12.3 Å². The maximum absolute atomic E-state index is 6.15. The lowest BCUT2D eigenvalue weighted by Gasteiger charge is -2.13. The van der Waals surface area contributed by atoms with Gasteiger partial charge in [-0.1, -0.05) is 58.7 Å². The molecule has 0 bridgehead atoms. The van der Waals surface area contributed by atoms with Crippen LogP contribution < -0.4 is 10.5 Å². The second-order valence-corrected chi connectivity index (χ2v) is 8.32. The lowest BCUT2D eigenvalue weighted by Crippen LogP contribution is -2.04. The molecule has 3 aromatic rings. The number of rotatable bonds is 11. The predicted octanol–water partition coefficient (Wildman–Crippen LogP) is 5.85. The molecule has 0 saturated heterocycles. The van der Waals surface area contributed by atoms with Gasteiger partial charge in [0.2, 0.25) is 0 Å². The van der Waals surface area contributed by atoms with E-state index < -0.39 is 0 Å². The van der Waals surface area contributed by atoms with Gasteiger partial charge in [-0.05, 0) is 48.3 Å². The van der Waals surface area contributed by atoms with Gasteiger partial charge in [-0.2, -0.15) is 9.97 Å². The Hall–Kier alpha value is -2.56. The molecule has 1 unspecified atom stereocenters. The number of anilines is 1. The Morgan fingerprint density at radius 2 is 1.93 bits per heavy atom. The number of aromatic amines is 1. The molecule has 0 spiro atoms.